The molecular weight excluding hydrogens is 224 g/mol. The van der Waals surface area contributed by atoms with E-state index in [1.54, 1.807) is 0 Å². The normalized spacial score (nSPS) is 9.94. The minimum absolute atomic E-state index is 0.112. The predicted molar refractivity (Wildman–Crippen MR) is 60.9 cm³/mol. The van der Waals surface area contributed by atoms with Gasteiger partial charge in [0.25, 0.3) is 5.91 Å². The molecule has 80 valence electrons. The monoisotopic (exact) mass is 232 g/mol. The van der Waals surface area contributed by atoms with Crippen LogP contribution in [-0.4, -0.2) is 11.1 Å². The Morgan fingerprint density at radius 2 is 2.50 bits per heavy atom. The van der Waals surface area contributed by atoms with E-state index in [1.165, 1.54) is 11.3 Å². The Bertz CT molecular complexity index is 549. The Labute approximate surface area is 96.1 Å². The second-order valence-corrected chi connectivity index (χ2v) is 4.01. The largest absolute Gasteiger partial charge is 0.364 e. The van der Waals surface area contributed by atoms with Crippen molar-refractivity contribution < 1.29 is 9.32 Å². The lowest BCUT2D eigenvalue weighted by atomic mass is 10.1. The van der Waals surface area contributed by atoms with E-state index in [2.05, 4.69) is 11.1 Å². The summed E-state index contributed by atoms with van der Waals surface area (Å²) in [5, 5.41) is 5.56. The maximum Gasteiger partial charge on any atom is 0.271 e. The Morgan fingerprint density at radius 3 is 3.06 bits per heavy atom. The van der Waals surface area contributed by atoms with E-state index in [9.17, 15) is 4.79 Å². The number of amides is 1. The third-order valence-corrected chi connectivity index (χ3v) is 2.91. The maximum absolute atomic E-state index is 11.1. The van der Waals surface area contributed by atoms with E-state index in [1.807, 2.05) is 17.5 Å². The molecular formula is C11H8N2O2S. The molecule has 0 atom stereocenters. The molecule has 0 saturated carbocycles. The molecule has 0 aliphatic rings. The standard InChI is InChI=1S/C11H8N2O2S/c1-2-4-7-9(11(12)14)13-15-10(7)8-5-3-6-16-8/h1,3,5-6H,4H2,(H2,12,14). The lowest BCUT2D eigenvalue weighted by Crippen LogP contribution is -2.13. The van der Waals surface area contributed by atoms with Crippen molar-refractivity contribution >= 4 is 17.2 Å². The third-order valence-electron chi connectivity index (χ3n) is 2.05. The van der Waals surface area contributed by atoms with Crippen molar-refractivity contribution in [3.05, 3.63) is 28.8 Å². The van der Waals surface area contributed by atoms with Crippen LogP contribution in [0.2, 0.25) is 0 Å². The Hall–Kier alpha value is -2.06. The fraction of sp³-hybridized carbons (Fsp3) is 0.0909. The van der Waals surface area contributed by atoms with E-state index in [0.29, 0.717) is 11.3 Å². The zero-order valence-electron chi connectivity index (χ0n) is 8.27. The molecule has 0 fully saturated rings. The van der Waals surface area contributed by atoms with E-state index in [-0.39, 0.29) is 12.1 Å². The SMILES string of the molecule is C#CCc1c(C(N)=O)noc1-c1cccs1. The summed E-state index contributed by atoms with van der Waals surface area (Å²) >= 11 is 1.49. The first kappa shape index (κ1) is 10.5. The smallest absolute Gasteiger partial charge is 0.271 e. The van der Waals surface area contributed by atoms with Gasteiger partial charge in [0.2, 0.25) is 0 Å². The molecule has 0 unspecified atom stereocenters. The van der Waals surface area contributed by atoms with Gasteiger partial charge >= 0.3 is 0 Å². The number of hydrogen-bond acceptors (Lipinski definition) is 4. The summed E-state index contributed by atoms with van der Waals surface area (Å²) in [4.78, 5) is 12.0. The minimum atomic E-state index is -0.628. The van der Waals surface area contributed by atoms with Gasteiger partial charge in [-0.2, -0.15) is 0 Å². The average molecular weight is 232 g/mol. The lowest BCUT2D eigenvalue weighted by Gasteiger charge is -1.95. The molecule has 0 spiro atoms. The quantitative estimate of drug-likeness (QED) is 0.818. The topological polar surface area (TPSA) is 69.1 Å². The number of carbonyl (C=O) groups is 1. The first-order valence-corrected chi connectivity index (χ1v) is 5.37. The number of nitrogens with two attached hydrogens (primary N) is 1. The number of aromatic nitrogens is 1. The molecule has 2 rings (SSSR count). The zero-order valence-corrected chi connectivity index (χ0v) is 9.08. The third kappa shape index (κ3) is 1.71. The highest BCUT2D eigenvalue weighted by atomic mass is 32.1. The van der Waals surface area contributed by atoms with Crippen molar-refractivity contribution in [2.75, 3.05) is 0 Å². The van der Waals surface area contributed by atoms with Gasteiger partial charge in [-0.1, -0.05) is 11.2 Å². The van der Waals surface area contributed by atoms with Crippen LogP contribution < -0.4 is 5.73 Å². The van der Waals surface area contributed by atoms with Crippen LogP contribution in [0.5, 0.6) is 0 Å². The van der Waals surface area contributed by atoms with E-state index in [4.69, 9.17) is 16.7 Å². The van der Waals surface area contributed by atoms with Gasteiger partial charge in [-0.25, -0.2) is 0 Å². The van der Waals surface area contributed by atoms with Crippen molar-refractivity contribution in [3.63, 3.8) is 0 Å². The number of thiophene rings is 1. The summed E-state index contributed by atoms with van der Waals surface area (Å²) in [5.41, 5.74) is 5.88. The maximum atomic E-state index is 11.1. The Kier molecular flexibility index (Phi) is 2.75. The second kappa shape index (κ2) is 4.21. The molecule has 16 heavy (non-hydrogen) atoms. The Morgan fingerprint density at radius 1 is 1.69 bits per heavy atom. The Balaban J connectivity index is 2.55. The van der Waals surface area contributed by atoms with Gasteiger partial charge in [-0.15, -0.1) is 23.7 Å². The average Bonchev–Trinajstić information content (AvgIpc) is 2.84. The second-order valence-electron chi connectivity index (χ2n) is 3.06. The van der Waals surface area contributed by atoms with Crippen molar-refractivity contribution in [3.8, 4) is 23.0 Å². The van der Waals surface area contributed by atoms with Crippen LogP contribution in [0.3, 0.4) is 0 Å². The van der Waals surface area contributed by atoms with Crippen LogP contribution in [0.25, 0.3) is 10.6 Å². The van der Waals surface area contributed by atoms with Crippen LogP contribution in [0.4, 0.5) is 0 Å². The molecule has 0 aliphatic heterocycles. The molecule has 0 radical (unpaired) electrons. The summed E-state index contributed by atoms with van der Waals surface area (Å²) in [6.45, 7) is 0. The first-order chi connectivity index (χ1) is 7.74. The number of rotatable bonds is 3. The van der Waals surface area contributed by atoms with E-state index in [0.717, 1.165) is 4.88 Å². The zero-order chi connectivity index (χ0) is 11.5. The minimum Gasteiger partial charge on any atom is -0.364 e. The highest BCUT2D eigenvalue weighted by Crippen LogP contribution is 2.30. The van der Waals surface area contributed by atoms with Gasteiger partial charge in [-0.05, 0) is 11.4 Å². The van der Waals surface area contributed by atoms with Gasteiger partial charge in [0.1, 0.15) is 0 Å². The van der Waals surface area contributed by atoms with Gasteiger partial charge in [0.05, 0.1) is 4.88 Å². The molecule has 0 saturated heterocycles. The van der Waals surface area contributed by atoms with Crippen molar-refractivity contribution in [1.29, 1.82) is 0 Å². The first-order valence-electron chi connectivity index (χ1n) is 4.49. The molecule has 4 nitrogen and oxygen atoms in total. The number of hydrogen-bond donors (Lipinski definition) is 1. The summed E-state index contributed by atoms with van der Waals surface area (Å²) in [7, 11) is 0. The molecule has 2 N–H and O–H groups in total. The fourth-order valence-corrected chi connectivity index (χ4v) is 2.10. The lowest BCUT2D eigenvalue weighted by molar-refractivity contribution is 0.0991. The summed E-state index contributed by atoms with van der Waals surface area (Å²) in [5.74, 6) is 2.37. The molecule has 5 heteroatoms. The predicted octanol–water partition coefficient (Wildman–Crippen LogP) is 1.68. The number of nitrogens with zero attached hydrogens (tertiary/aromatic N) is 1. The molecule has 0 aliphatic carbocycles. The molecule has 2 heterocycles. The van der Waals surface area contributed by atoms with Crippen LogP contribution in [0.1, 0.15) is 16.1 Å². The number of terminal acetylenes is 1. The van der Waals surface area contributed by atoms with Gasteiger partial charge in [0.15, 0.2) is 11.5 Å². The van der Waals surface area contributed by atoms with Crippen LogP contribution in [0.15, 0.2) is 22.0 Å². The van der Waals surface area contributed by atoms with Crippen LogP contribution >= 0.6 is 11.3 Å². The highest BCUT2D eigenvalue weighted by Gasteiger charge is 2.20. The van der Waals surface area contributed by atoms with Crippen molar-refractivity contribution in [2.24, 2.45) is 5.73 Å². The van der Waals surface area contributed by atoms with Crippen molar-refractivity contribution in [2.45, 2.75) is 6.42 Å². The number of carbonyl (C=O) groups excluding carboxylic acids is 1. The van der Waals surface area contributed by atoms with Crippen LogP contribution in [0, 0.1) is 12.3 Å². The van der Waals surface area contributed by atoms with E-state index >= 15 is 0 Å². The van der Waals surface area contributed by atoms with Crippen molar-refractivity contribution in [1.82, 2.24) is 5.16 Å². The fourth-order valence-electron chi connectivity index (χ4n) is 1.37. The molecule has 2 aromatic heterocycles. The summed E-state index contributed by atoms with van der Waals surface area (Å²) in [6.07, 6.45) is 5.52. The van der Waals surface area contributed by atoms with Gasteiger partial charge < -0.3 is 10.3 Å². The van der Waals surface area contributed by atoms with Crippen LogP contribution in [-0.2, 0) is 6.42 Å². The molecule has 0 bridgehead atoms. The molecule has 2 aromatic rings. The van der Waals surface area contributed by atoms with Gasteiger partial charge in [-0.3, -0.25) is 4.79 Å². The number of primary amides is 1. The molecule has 0 aromatic carbocycles. The van der Waals surface area contributed by atoms with Gasteiger partial charge in [0, 0.05) is 12.0 Å². The summed E-state index contributed by atoms with van der Waals surface area (Å²) in [6, 6.07) is 3.75. The van der Waals surface area contributed by atoms with E-state index < -0.39 is 5.91 Å². The highest BCUT2D eigenvalue weighted by molar-refractivity contribution is 7.13. The summed E-state index contributed by atoms with van der Waals surface area (Å²) < 4.78 is 5.12. The molecule has 1 amide bonds.